The molecule has 2 bridgehead atoms. The van der Waals surface area contributed by atoms with Crippen LogP contribution in [-0.2, 0) is 4.74 Å². The maximum atomic E-state index is 5.71. The van der Waals surface area contributed by atoms with Gasteiger partial charge in [0.25, 0.3) is 0 Å². The Morgan fingerprint density at radius 1 is 1.00 bits per heavy atom. The predicted molar refractivity (Wildman–Crippen MR) is 58.3 cm³/mol. The van der Waals surface area contributed by atoms with Gasteiger partial charge in [-0.1, -0.05) is 0 Å². The highest BCUT2D eigenvalue weighted by molar-refractivity contribution is 5.60. The van der Waals surface area contributed by atoms with E-state index < -0.39 is 0 Å². The van der Waals surface area contributed by atoms with E-state index in [4.69, 9.17) is 14.2 Å². The average molecular weight is 218 g/mol. The van der Waals surface area contributed by atoms with E-state index >= 15 is 0 Å². The molecule has 16 heavy (non-hydrogen) atoms. The summed E-state index contributed by atoms with van der Waals surface area (Å²) in [5.74, 6) is 3.07. The van der Waals surface area contributed by atoms with Gasteiger partial charge in [0.1, 0.15) is 11.5 Å². The minimum absolute atomic E-state index is 0.457. The Morgan fingerprint density at radius 3 is 1.94 bits per heavy atom. The Bertz CT molecular complexity index is 427. The highest BCUT2D eigenvalue weighted by atomic mass is 16.6. The zero-order valence-electron chi connectivity index (χ0n) is 9.40. The number of epoxide rings is 1. The molecule has 84 valence electrons. The summed E-state index contributed by atoms with van der Waals surface area (Å²) < 4.78 is 16.6. The zero-order chi connectivity index (χ0) is 10.9. The molecule has 0 spiro atoms. The number of hydrogen-bond acceptors (Lipinski definition) is 3. The lowest BCUT2D eigenvalue weighted by atomic mass is 9.90. The topological polar surface area (TPSA) is 31.0 Å². The van der Waals surface area contributed by atoms with E-state index in [2.05, 4.69) is 0 Å². The number of hydrogen-bond donors (Lipinski definition) is 0. The third kappa shape index (κ3) is 0.846. The lowest BCUT2D eigenvalue weighted by Gasteiger charge is -2.18. The fourth-order valence-electron chi connectivity index (χ4n) is 3.61. The number of rotatable bonds is 2. The molecule has 0 radical (unpaired) electrons. The minimum atomic E-state index is 0.457. The third-order valence-electron chi connectivity index (χ3n) is 4.25. The maximum Gasteiger partial charge on any atom is 0.122 e. The fraction of sp³-hybridized carbons (Fsp3) is 0.538. The molecule has 1 heterocycles. The Balaban J connectivity index is 1.96. The van der Waals surface area contributed by atoms with Gasteiger partial charge in [0.05, 0.1) is 26.4 Å². The molecular weight excluding hydrogens is 204 g/mol. The first kappa shape index (κ1) is 8.88. The maximum absolute atomic E-state index is 5.71. The number of benzene rings is 1. The van der Waals surface area contributed by atoms with Gasteiger partial charge in [0.15, 0.2) is 0 Å². The van der Waals surface area contributed by atoms with E-state index in [1.165, 1.54) is 17.5 Å². The van der Waals surface area contributed by atoms with E-state index in [1.54, 1.807) is 14.2 Å². The van der Waals surface area contributed by atoms with Crippen molar-refractivity contribution in [3.8, 4) is 11.5 Å². The first-order valence-electron chi connectivity index (χ1n) is 5.75. The van der Waals surface area contributed by atoms with Gasteiger partial charge < -0.3 is 14.2 Å². The molecule has 2 aliphatic carbocycles. The molecule has 4 unspecified atom stereocenters. The van der Waals surface area contributed by atoms with Crippen LogP contribution < -0.4 is 9.47 Å². The summed E-state index contributed by atoms with van der Waals surface area (Å²) in [7, 11) is 3.47. The van der Waals surface area contributed by atoms with Crippen molar-refractivity contribution in [1.29, 1.82) is 0 Å². The van der Waals surface area contributed by atoms with E-state index in [1.807, 2.05) is 12.1 Å². The molecule has 0 aromatic heterocycles. The van der Waals surface area contributed by atoms with Crippen LogP contribution in [0.25, 0.3) is 0 Å². The SMILES string of the molecule is COc1ccc(OC)c2c1C1CC2C2OC12. The van der Waals surface area contributed by atoms with Crippen molar-refractivity contribution >= 4 is 0 Å². The van der Waals surface area contributed by atoms with Crippen molar-refractivity contribution in [1.82, 2.24) is 0 Å². The summed E-state index contributed by atoms with van der Waals surface area (Å²) in [6.45, 7) is 0. The summed E-state index contributed by atoms with van der Waals surface area (Å²) in [6.07, 6.45) is 2.12. The molecule has 2 fully saturated rings. The standard InChI is InChI=1S/C13H14O3/c1-14-8-3-4-9(15-2)11-7-5-6(10(8)11)12-13(7)16-12/h3-4,6-7,12-13H,5H2,1-2H3. The molecule has 1 saturated heterocycles. The van der Waals surface area contributed by atoms with Crippen LogP contribution in [0.3, 0.4) is 0 Å². The first-order valence-corrected chi connectivity index (χ1v) is 5.75. The van der Waals surface area contributed by atoms with Crippen LogP contribution in [0.2, 0.25) is 0 Å². The molecule has 3 nitrogen and oxygen atoms in total. The van der Waals surface area contributed by atoms with E-state index in [-0.39, 0.29) is 0 Å². The Hall–Kier alpha value is -1.22. The second-order valence-corrected chi connectivity index (χ2v) is 4.81. The predicted octanol–water partition coefficient (Wildman–Crippen LogP) is 2.06. The molecule has 1 aliphatic heterocycles. The number of fused-ring (bicyclic) bond motifs is 8. The highest BCUT2D eigenvalue weighted by Crippen LogP contribution is 2.66. The van der Waals surface area contributed by atoms with Crippen LogP contribution in [0.4, 0.5) is 0 Å². The molecule has 0 amide bonds. The van der Waals surface area contributed by atoms with Gasteiger partial charge in [0.2, 0.25) is 0 Å². The van der Waals surface area contributed by atoms with Crippen molar-refractivity contribution in [2.45, 2.75) is 30.5 Å². The van der Waals surface area contributed by atoms with E-state index in [9.17, 15) is 0 Å². The van der Waals surface area contributed by atoms with Gasteiger partial charge in [-0.05, 0) is 18.6 Å². The second-order valence-electron chi connectivity index (χ2n) is 4.81. The monoisotopic (exact) mass is 218 g/mol. The van der Waals surface area contributed by atoms with Gasteiger partial charge >= 0.3 is 0 Å². The van der Waals surface area contributed by atoms with Crippen LogP contribution in [0, 0.1) is 0 Å². The Kier molecular flexibility index (Phi) is 1.51. The molecule has 3 heteroatoms. The van der Waals surface area contributed by atoms with Crippen molar-refractivity contribution in [2.75, 3.05) is 14.2 Å². The van der Waals surface area contributed by atoms with Gasteiger partial charge in [-0.25, -0.2) is 0 Å². The van der Waals surface area contributed by atoms with E-state index in [0.717, 1.165) is 11.5 Å². The normalized spacial score (nSPS) is 36.9. The van der Waals surface area contributed by atoms with Crippen LogP contribution in [0.5, 0.6) is 11.5 Å². The molecule has 0 N–H and O–H groups in total. The zero-order valence-corrected chi connectivity index (χ0v) is 9.40. The second kappa shape index (κ2) is 2.72. The van der Waals surface area contributed by atoms with Crippen LogP contribution >= 0.6 is 0 Å². The van der Waals surface area contributed by atoms with Crippen molar-refractivity contribution < 1.29 is 14.2 Å². The van der Waals surface area contributed by atoms with Crippen molar-refractivity contribution in [3.05, 3.63) is 23.3 Å². The van der Waals surface area contributed by atoms with Gasteiger partial charge in [-0.2, -0.15) is 0 Å². The summed E-state index contributed by atoms with van der Waals surface area (Å²) in [5.41, 5.74) is 2.68. The van der Waals surface area contributed by atoms with Crippen molar-refractivity contribution in [2.24, 2.45) is 0 Å². The molecule has 4 rings (SSSR count). The van der Waals surface area contributed by atoms with Gasteiger partial charge in [-0.15, -0.1) is 0 Å². The molecular formula is C13H14O3. The molecule has 1 aromatic rings. The summed E-state index contributed by atoms with van der Waals surface area (Å²) in [4.78, 5) is 0. The number of ether oxygens (including phenoxy) is 3. The van der Waals surface area contributed by atoms with Gasteiger partial charge in [0, 0.05) is 23.0 Å². The summed E-state index contributed by atoms with van der Waals surface area (Å²) >= 11 is 0. The molecule has 3 aliphatic rings. The molecule has 1 saturated carbocycles. The van der Waals surface area contributed by atoms with Crippen molar-refractivity contribution in [3.63, 3.8) is 0 Å². The fourth-order valence-corrected chi connectivity index (χ4v) is 3.61. The van der Waals surface area contributed by atoms with Gasteiger partial charge in [-0.3, -0.25) is 0 Å². The average Bonchev–Trinajstić information content (AvgIpc) is 2.94. The summed E-state index contributed by atoms with van der Waals surface area (Å²) in [6, 6.07) is 4.02. The van der Waals surface area contributed by atoms with E-state index in [0.29, 0.717) is 24.0 Å². The first-order chi connectivity index (χ1) is 7.85. The van der Waals surface area contributed by atoms with Crippen LogP contribution in [0.15, 0.2) is 12.1 Å². The number of methoxy groups -OCH3 is 2. The highest BCUT2D eigenvalue weighted by Gasteiger charge is 2.63. The lowest BCUT2D eigenvalue weighted by molar-refractivity contribution is 0.294. The lowest BCUT2D eigenvalue weighted by Crippen LogP contribution is -2.10. The smallest absolute Gasteiger partial charge is 0.122 e. The Morgan fingerprint density at radius 2 is 1.50 bits per heavy atom. The molecule has 1 aromatic carbocycles. The van der Waals surface area contributed by atoms with Crippen LogP contribution in [0.1, 0.15) is 29.4 Å². The quantitative estimate of drug-likeness (QED) is 0.712. The summed E-state index contributed by atoms with van der Waals surface area (Å²) in [5, 5.41) is 0. The van der Waals surface area contributed by atoms with Crippen LogP contribution in [-0.4, -0.2) is 26.4 Å². The minimum Gasteiger partial charge on any atom is -0.496 e. The third-order valence-corrected chi connectivity index (χ3v) is 4.25. The Labute approximate surface area is 94.3 Å². The molecule has 4 atom stereocenters. The largest absolute Gasteiger partial charge is 0.496 e.